The zero-order chi connectivity index (χ0) is 13.6. The molecule has 3 N–H and O–H groups in total. The number of amides is 1. The number of benzene rings is 1. The second kappa shape index (κ2) is 6.71. The number of rotatable bonds is 5. The third-order valence-corrected chi connectivity index (χ3v) is 4.23. The molecule has 0 bridgehead atoms. The van der Waals surface area contributed by atoms with Gasteiger partial charge in [0.15, 0.2) is 0 Å². The average molecular weight is 260 g/mol. The van der Waals surface area contributed by atoms with Gasteiger partial charge in [0.05, 0.1) is 5.41 Å². The summed E-state index contributed by atoms with van der Waals surface area (Å²) in [4.78, 5) is 12.4. The molecule has 1 saturated carbocycles. The van der Waals surface area contributed by atoms with Crippen molar-refractivity contribution in [2.24, 2.45) is 11.1 Å². The number of nitrogens with one attached hydrogen (secondary N) is 1. The maximum atomic E-state index is 12.4. The first-order valence-corrected chi connectivity index (χ1v) is 7.29. The Hall–Kier alpha value is -1.35. The van der Waals surface area contributed by atoms with Crippen LogP contribution < -0.4 is 11.1 Å². The van der Waals surface area contributed by atoms with Crippen molar-refractivity contribution >= 4 is 5.91 Å². The van der Waals surface area contributed by atoms with E-state index in [-0.39, 0.29) is 11.3 Å². The monoisotopic (exact) mass is 260 g/mol. The number of hydrogen-bond acceptors (Lipinski definition) is 2. The summed E-state index contributed by atoms with van der Waals surface area (Å²) in [5.41, 5.74) is 6.82. The van der Waals surface area contributed by atoms with E-state index < -0.39 is 0 Å². The van der Waals surface area contributed by atoms with E-state index in [1.165, 1.54) is 12.0 Å². The Morgan fingerprint density at radius 2 is 1.84 bits per heavy atom. The van der Waals surface area contributed by atoms with Crippen LogP contribution in [0.1, 0.15) is 37.7 Å². The summed E-state index contributed by atoms with van der Waals surface area (Å²) < 4.78 is 0. The Bertz CT molecular complexity index is 396. The Labute approximate surface area is 115 Å². The molecule has 0 atom stereocenters. The zero-order valence-corrected chi connectivity index (χ0v) is 11.5. The standard InChI is InChI=1S/C16H24N2O/c17-13-16(10-5-2-6-11-16)15(19)18-12-9-14-7-3-1-4-8-14/h1,3-4,7-8H,2,5-6,9-13,17H2,(H,18,19). The minimum Gasteiger partial charge on any atom is -0.355 e. The predicted octanol–water partition coefficient (Wildman–Crippen LogP) is 2.25. The van der Waals surface area contributed by atoms with E-state index in [2.05, 4.69) is 17.4 Å². The highest BCUT2D eigenvalue weighted by atomic mass is 16.2. The van der Waals surface area contributed by atoms with Crippen molar-refractivity contribution in [3.05, 3.63) is 35.9 Å². The van der Waals surface area contributed by atoms with Crippen LogP contribution in [0, 0.1) is 5.41 Å². The molecule has 19 heavy (non-hydrogen) atoms. The molecule has 1 aromatic rings. The lowest BCUT2D eigenvalue weighted by atomic mass is 9.73. The van der Waals surface area contributed by atoms with Crippen LogP contribution in [-0.2, 0) is 11.2 Å². The lowest BCUT2D eigenvalue weighted by Crippen LogP contribution is -2.47. The molecule has 1 aliphatic carbocycles. The van der Waals surface area contributed by atoms with Crippen LogP contribution in [0.5, 0.6) is 0 Å². The molecule has 3 heteroatoms. The molecular weight excluding hydrogens is 236 g/mol. The topological polar surface area (TPSA) is 55.1 Å². The van der Waals surface area contributed by atoms with Crippen molar-refractivity contribution in [2.75, 3.05) is 13.1 Å². The molecule has 1 aliphatic rings. The van der Waals surface area contributed by atoms with E-state index in [0.717, 1.165) is 32.1 Å². The molecule has 0 spiro atoms. The highest BCUT2D eigenvalue weighted by Crippen LogP contribution is 2.35. The molecular formula is C16H24N2O. The minimum atomic E-state index is -0.297. The highest BCUT2D eigenvalue weighted by Gasteiger charge is 2.37. The second-order valence-electron chi connectivity index (χ2n) is 5.54. The fraction of sp³-hybridized carbons (Fsp3) is 0.562. The number of carbonyl (C=O) groups excluding carboxylic acids is 1. The lowest BCUT2D eigenvalue weighted by molar-refractivity contribution is -0.132. The van der Waals surface area contributed by atoms with Gasteiger partial charge in [0.1, 0.15) is 0 Å². The fourth-order valence-corrected chi connectivity index (χ4v) is 2.90. The fourth-order valence-electron chi connectivity index (χ4n) is 2.90. The summed E-state index contributed by atoms with van der Waals surface area (Å²) in [6, 6.07) is 10.2. The number of hydrogen-bond donors (Lipinski definition) is 2. The van der Waals surface area contributed by atoms with Gasteiger partial charge in [-0.05, 0) is 24.8 Å². The largest absolute Gasteiger partial charge is 0.355 e. The summed E-state index contributed by atoms with van der Waals surface area (Å²) in [6.45, 7) is 1.18. The molecule has 2 rings (SSSR count). The second-order valence-corrected chi connectivity index (χ2v) is 5.54. The van der Waals surface area contributed by atoms with E-state index in [0.29, 0.717) is 13.1 Å². The molecule has 1 fully saturated rings. The van der Waals surface area contributed by atoms with E-state index in [1.807, 2.05) is 18.2 Å². The molecule has 0 aliphatic heterocycles. The molecule has 0 saturated heterocycles. The maximum Gasteiger partial charge on any atom is 0.227 e. The highest BCUT2D eigenvalue weighted by molar-refractivity contribution is 5.83. The minimum absolute atomic E-state index is 0.158. The van der Waals surface area contributed by atoms with E-state index in [9.17, 15) is 4.79 Å². The Kier molecular flexibility index (Phi) is 4.97. The van der Waals surface area contributed by atoms with Gasteiger partial charge in [0.25, 0.3) is 0 Å². The van der Waals surface area contributed by atoms with Crippen LogP contribution >= 0.6 is 0 Å². The van der Waals surface area contributed by atoms with Crippen molar-refractivity contribution < 1.29 is 4.79 Å². The molecule has 1 amide bonds. The SMILES string of the molecule is NCC1(C(=O)NCCc2ccccc2)CCCCC1. The summed E-state index contributed by atoms with van der Waals surface area (Å²) in [5, 5.41) is 3.07. The van der Waals surface area contributed by atoms with Crippen LogP contribution in [0.3, 0.4) is 0 Å². The van der Waals surface area contributed by atoms with Gasteiger partial charge in [-0.2, -0.15) is 0 Å². The summed E-state index contributed by atoms with van der Waals surface area (Å²) in [5.74, 6) is 0.158. The van der Waals surface area contributed by atoms with Crippen LogP contribution in [0.15, 0.2) is 30.3 Å². The van der Waals surface area contributed by atoms with Crippen LogP contribution in [0.2, 0.25) is 0 Å². The van der Waals surface area contributed by atoms with Gasteiger partial charge in [0, 0.05) is 13.1 Å². The normalized spacial score (nSPS) is 17.9. The third-order valence-electron chi connectivity index (χ3n) is 4.23. The number of carbonyl (C=O) groups is 1. The van der Waals surface area contributed by atoms with E-state index >= 15 is 0 Å². The molecule has 104 valence electrons. The van der Waals surface area contributed by atoms with Gasteiger partial charge in [-0.3, -0.25) is 4.79 Å². The third kappa shape index (κ3) is 3.57. The molecule has 3 nitrogen and oxygen atoms in total. The molecule has 0 radical (unpaired) electrons. The molecule has 0 heterocycles. The molecule has 1 aromatic carbocycles. The van der Waals surface area contributed by atoms with Gasteiger partial charge >= 0.3 is 0 Å². The average Bonchev–Trinajstić information content (AvgIpc) is 2.49. The Morgan fingerprint density at radius 1 is 1.16 bits per heavy atom. The van der Waals surface area contributed by atoms with Crippen LogP contribution in [0.4, 0.5) is 0 Å². The summed E-state index contributed by atoms with van der Waals surface area (Å²) >= 11 is 0. The van der Waals surface area contributed by atoms with Gasteiger partial charge < -0.3 is 11.1 Å². The first-order chi connectivity index (χ1) is 9.27. The van der Waals surface area contributed by atoms with Crippen molar-refractivity contribution in [1.29, 1.82) is 0 Å². The molecule has 0 aromatic heterocycles. The van der Waals surface area contributed by atoms with Crippen molar-refractivity contribution in [3.63, 3.8) is 0 Å². The summed E-state index contributed by atoms with van der Waals surface area (Å²) in [6.07, 6.45) is 6.26. The Balaban J connectivity index is 1.83. The first-order valence-electron chi connectivity index (χ1n) is 7.29. The van der Waals surface area contributed by atoms with E-state index in [1.54, 1.807) is 0 Å². The smallest absolute Gasteiger partial charge is 0.227 e. The summed E-state index contributed by atoms with van der Waals surface area (Å²) in [7, 11) is 0. The molecule has 0 unspecified atom stereocenters. The quantitative estimate of drug-likeness (QED) is 0.853. The first kappa shape index (κ1) is 14.1. The van der Waals surface area contributed by atoms with Gasteiger partial charge in [-0.15, -0.1) is 0 Å². The predicted molar refractivity (Wildman–Crippen MR) is 77.7 cm³/mol. The van der Waals surface area contributed by atoms with Gasteiger partial charge in [-0.25, -0.2) is 0 Å². The van der Waals surface area contributed by atoms with Crippen molar-refractivity contribution in [1.82, 2.24) is 5.32 Å². The zero-order valence-electron chi connectivity index (χ0n) is 11.5. The number of nitrogens with two attached hydrogens (primary N) is 1. The maximum absolute atomic E-state index is 12.4. The van der Waals surface area contributed by atoms with Crippen molar-refractivity contribution in [2.45, 2.75) is 38.5 Å². The van der Waals surface area contributed by atoms with Gasteiger partial charge in [-0.1, -0.05) is 49.6 Å². The van der Waals surface area contributed by atoms with Crippen LogP contribution in [-0.4, -0.2) is 19.0 Å². The van der Waals surface area contributed by atoms with Gasteiger partial charge in [0.2, 0.25) is 5.91 Å². The lowest BCUT2D eigenvalue weighted by Gasteiger charge is -2.34. The van der Waals surface area contributed by atoms with Crippen molar-refractivity contribution in [3.8, 4) is 0 Å². The van der Waals surface area contributed by atoms with E-state index in [4.69, 9.17) is 5.73 Å². The van der Waals surface area contributed by atoms with Crippen LogP contribution in [0.25, 0.3) is 0 Å². The Morgan fingerprint density at radius 3 is 2.47 bits per heavy atom.